The van der Waals surface area contributed by atoms with Crippen LogP contribution in [-0.4, -0.2) is 0 Å². The minimum atomic E-state index is 1.15. The number of hydrogen-bond acceptors (Lipinski definition) is 0. The molecule has 0 saturated heterocycles. The van der Waals surface area contributed by atoms with Gasteiger partial charge in [-0.05, 0) is 59.1 Å². The van der Waals surface area contributed by atoms with Gasteiger partial charge in [-0.1, -0.05) is 99.5 Å². The molecule has 0 spiro atoms. The lowest BCUT2D eigenvalue weighted by Crippen LogP contribution is -1.99. The predicted octanol–water partition coefficient (Wildman–Crippen LogP) is 7.71. The van der Waals surface area contributed by atoms with Crippen LogP contribution in [-0.2, 0) is 12.8 Å². The summed E-state index contributed by atoms with van der Waals surface area (Å²) in [5, 5.41) is 0. The Morgan fingerprint density at radius 2 is 0.885 bits per heavy atom. The highest BCUT2D eigenvalue weighted by molar-refractivity contribution is 5.88. The third-order valence-electron chi connectivity index (χ3n) is 5.10. The fourth-order valence-corrected chi connectivity index (χ4v) is 3.71. The van der Waals surface area contributed by atoms with E-state index in [1.807, 2.05) is 0 Å². The molecular weight excluding hydrogens is 312 g/mol. The highest BCUT2D eigenvalue weighted by atomic mass is 14.2. The van der Waals surface area contributed by atoms with Crippen LogP contribution >= 0.6 is 0 Å². The van der Waals surface area contributed by atoms with E-state index in [0.29, 0.717) is 0 Å². The second-order valence-electron chi connectivity index (χ2n) is 7.07. The molecular formula is C26H30. The van der Waals surface area contributed by atoms with E-state index >= 15 is 0 Å². The molecule has 3 aromatic rings. The van der Waals surface area contributed by atoms with Crippen molar-refractivity contribution in [1.82, 2.24) is 0 Å². The van der Waals surface area contributed by atoms with Crippen LogP contribution < -0.4 is 0 Å². The standard InChI is InChI=1S/C26H30/c1-3-5-13-23-19-20-24(14-6-4-2)26(22-17-11-8-12-18-22)25(23)21-15-9-7-10-16-21/h7-12,15-20H,3-6,13-14H2,1-2H3. The highest BCUT2D eigenvalue weighted by Crippen LogP contribution is 2.39. The minimum Gasteiger partial charge on any atom is -0.0654 e. The second-order valence-corrected chi connectivity index (χ2v) is 7.07. The summed E-state index contributed by atoms with van der Waals surface area (Å²) < 4.78 is 0. The van der Waals surface area contributed by atoms with Crippen molar-refractivity contribution in [2.45, 2.75) is 52.4 Å². The number of unbranched alkanes of at least 4 members (excludes halogenated alkanes) is 2. The van der Waals surface area contributed by atoms with Crippen LogP contribution in [0.3, 0.4) is 0 Å². The van der Waals surface area contributed by atoms with E-state index in [1.54, 1.807) is 0 Å². The summed E-state index contributed by atoms with van der Waals surface area (Å²) in [5.41, 5.74) is 8.54. The van der Waals surface area contributed by atoms with Gasteiger partial charge in [0, 0.05) is 0 Å². The lowest BCUT2D eigenvalue weighted by molar-refractivity contribution is 0.788. The Hall–Kier alpha value is -2.34. The maximum Gasteiger partial charge on any atom is -0.00705 e. The first-order valence-corrected chi connectivity index (χ1v) is 10.1. The van der Waals surface area contributed by atoms with E-state index in [9.17, 15) is 0 Å². The van der Waals surface area contributed by atoms with E-state index in [0.717, 1.165) is 12.8 Å². The number of hydrogen-bond donors (Lipinski definition) is 0. The molecule has 0 aromatic heterocycles. The molecule has 0 bridgehead atoms. The Labute approximate surface area is 158 Å². The highest BCUT2D eigenvalue weighted by Gasteiger charge is 2.16. The topological polar surface area (TPSA) is 0 Å². The van der Waals surface area contributed by atoms with Crippen LogP contribution in [0, 0.1) is 0 Å². The Morgan fingerprint density at radius 1 is 0.500 bits per heavy atom. The third kappa shape index (κ3) is 4.25. The van der Waals surface area contributed by atoms with Crippen LogP contribution in [0.1, 0.15) is 50.7 Å². The van der Waals surface area contributed by atoms with Gasteiger partial charge in [-0.2, -0.15) is 0 Å². The van der Waals surface area contributed by atoms with Crippen LogP contribution in [0.2, 0.25) is 0 Å². The average molecular weight is 343 g/mol. The zero-order valence-corrected chi connectivity index (χ0v) is 16.2. The fraction of sp³-hybridized carbons (Fsp3) is 0.308. The first kappa shape index (κ1) is 18.5. The van der Waals surface area contributed by atoms with Gasteiger partial charge in [0.25, 0.3) is 0 Å². The van der Waals surface area contributed by atoms with Gasteiger partial charge < -0.3 is 0 Å². The monoisotopic (exact) mass is 342 g/mol. The normalized spacial score (nSPS) is 10.8. The van der Waals surface area contributed by atoms with Crippen LogP contribution in [0.5, 0.6) is 0 Å². The van der Waals surface area contributed by atoms with Crippen molar-refractivity contribution in [3.05, 3.63) is 83.9 Å². The van der Waals surface area contributed by atoms with E-state index in [1.165, 1.54) is 59.1 Å². The van der Waals surface area contributed by atoms with Gasteiger partial charge >= 0.3 is 0 Å². The van der Waals surface area contributed by atoms with Gasteiger partial charge in [0.1, 0.15) is 0 Å². The van der Waals surface area contributed by atoms with Gasteiger partial charge in [-0.3, -0.25) is 0 Å². The van der Waals surface area contributed by atoms with Crippen molar-refractivity contribution in [3.63, 3.8) is 0 Å². The zero-order valence-electron chi connectivity index (χ0n) is 16.2. The molecule has 3 rings (SSSR count). The summed E-state index contributed by atoms with van der Waals surface area (Å²) in [6, 6.07) is 26.7. The maximum absolute atomic E-state index is 2.38. The molecule has 0 fully saturated rings. The van der Waals surface area contributed by atoms with Gasteiger partial charge in [-0.15, -0.1) is 0 Å². The van der Waals surface area contributed by atoms with Crippen molar-refractivity contribution < 1.29 is 0 Å². The van der Waals surface area contributed by atoms with E-state index in [2.05, 4.69) is 86.6 Å². The number of rotatable bonds is 8. The number of aryl methyl sites for hydroxylation is 2. The molecule has 0 atom stereocenters. The molecule has 0 unspecified atom stereocenters. The molecule has 134 valence electrons. The predicted molar refractivity (Wildman–Crippen MR) is 115 cm³/mol. The van der Waals surface area contributed by atoms with Crippen LogP contribution in [0.25, 0.3) is 22.3 Å². The SMILES string of the molecule is CCCCc1ccc(CCCC)c(-c2ccccc2)c1-c1ccccc1. The number of benzene rings is 3. The molecule has 0 radical (unpaired) electrons. The first-order chi connectivity index (χ1) is 12.8. The summed E-state index contributed by atoms with van der Waals surface area (Å²) >= 11 is 0. The van der Waals surface area contributed by atoms with E-state index in [4.69, 9.17) is 0 Å². The summed E-state index contributed by atoms with van der Waals surface area (Å²) in [6.45, 7) is 4.55. The molecule has 0 saturated carbocycles. The fourth-order valence-electron chi connectivity index (χ4n) is 3.71. The van der Waals surface area contributed by atoms with Crippen molar-refractivity contribution in [2.24, 2.45) is 0 Å². The average Bonchev–Trinajstić information content (AvgIpc) is 2.71. The quantitative estimate of drug-likeness (QED) is 0.393. The molecule has 0 aliphatic heterocycles. The van der Waals surface area contributed by atoms with Gasteiger partial charge in [0.2, 0.25) is 0 Å². The Balaban J connectivity index is 2.24. The molecule has 3 aromatic carbocycles. The largest absolute Gasteiger partial charge is 0.0654 e. The van der Waals surface area contributed by atoms with Gasteiger partial charge in [0.15, 0.2) is 0 Å². The Morgan fingerprint density at radius 3 is 1.23 bits per heavy atom. The summed E-state index contributed by atoms with van der Waals surface area (Å²) in [6.07, 6.45) is 7.23. The first-order valence-electron chi connectivity index (χ1n) is 10.1. The lowest BCUT2D eigenvalue weighted by Gasteiger charge is -2.20. The summed E-state index contributed by atoms with van der Waals surface area (Å²) in [7, 11) is 0. The smallest absolute Gasteiger partial charge is 0.00705 e. The lowest BCUT2D eigenvalue weighted by atomic mass is 9.84. The van der Waals surface area contributed by atoms with Crippen molar-refractivity contribution in [1.29, 1.82) is 0 Å². The molecule has 0 aliphatic carbocycles. The van der Waals surface area contributed by atoms with Crippen molar-refractivity contribution in [3.8, 4) is 22.3 Å². The second kappa shape index (κ2) is 9.38. The molecule has 26 heavy (non-hydrogen) atoms. The van der Waals surface area contributed by atoms with Crippen LogP contribution in [0.15, 0.2) is 72.8 Å². The minimum absolute atomic E-state index is 1.15. The van der Waals surface area contributed by atoms with Gasteiger partial charge in [-0.25, -0.2) is 0 Å². The Kier molecular flexibility index (Phi) is 6.66. The Bertz CT molecular complexity index is 730. The summed E-state index contributed by atoms with van der Waals surface area (Å²) in [5.74, 6) is 0. The molecule has 0 N–H and O–H groups in total. The molecule has 0 heteroatoms. The zero-order chi connectivity index (χ0) is 18.2. The molecule has 0 heterocycles. The van der Waals surface area contributed by atoms with Gasteiger partial charge in [0.05, 0.1) is 0 Å². The van der Waals surface area contributed by atoms with Crippen molar-refractivity contribution >= 4 is 0 Å². The third-order valence-corrected chi connectivity index (χ3v) is 5.10. The van der Waals surface area contributed by atoms with E-state index < -0.39 is 0 Å². The molecule has 0 nitrogen and oxygen atoms in total. The maximum atomic E-state index is 2.38. The van der Waals surface area contributed by atoms with E-state index in [-0.39, 0.29) is 0 Å². The molecule has 0 aliphatic rings. The summed E-state index contributed by atoms with van der Waals surface area (Å²) in [4.78, 5) is 0. The van der Waals surface area contributed by atoms with Crippen LogP contribution in [0.4, 0.5) is 0 Å². The van der Waals surface area contributed by atoms with Crippen molar-refractivity contribution in [2.75, 3.05) is 0 Å². The molecule has 0 amide bonds.